The van der Waals surface area contributed by atoms with Gasteiger partial charge in [-0.3, -0.25) is 0 Å². The molecule has 2 heteroatoms. The average Bonchev–Trinajstić information content (AvgIpc) is 2.11. The maximum atomic E-state index is 5.71. The molecule has 0 aliphatic rings. The van der Waals surface area contributed by atoms with E-state index in [4.69, 9.17) is 5.73 Å². The first-order valence-corrected chi connectivity index (χ1v) is 5.15. The highest BCUT2D eigenvalue weighted by atomic mass is 14.9. The number of aryl methyl sites for hydroxylation is 1. The van der Waals surface area contributed by atoms with E-state index in [1.54, 1.807) is 0 Å². The van der Waals surface area contributed by atoms with Crippen LogP contribution >= 0.6 is 0 Å². The first-order chi connectivity index (χ1) is 6.41. The molecule has 14 heavy (non-hydrogen) atoms. The molecule has 0 saturated heterocycles. The van der Waals surface area contributed by atoms with Gasteiger partial charge in [0.15, 0.2) is 0 Å². The van der Waals surface area contributed by atoms with Crippen LogP contribution in [0.15, 0.2) is 12.1 Å². The van der Waals surface area contributed by atoms with Crippen molar-refractivity contribution in [2.24, 2.45) is 0 Å². The number of hydrogen-bond donors (Lipinski definition) is 1. The molecule has 0 saturated carbocycles. The number of pyridine rings is 1. The summed E-state index contributed by atoms with van der Waals surface area (Å²) in [7, 11) is 0. The minimum absolute atomic E-state index is 0.0851. The number of anilines is 1. The minimum atomic E-state index is 0.0851. The molecule has 0 amide bonds. The Hall–Kier alpha value is -1.05. The van der Waals surface area contributed by atoms with Crippen LogP contribution in [0.3, 0.4) is 0 Å². The molecule has 1 heterocycles. The molecule has 1 rings (SSSR count). The summed E-state index contributed by atoms with van der Waals surface area (Å²) in [5.41, 5.74) is 7.88. The second kappa shape index (κ2) is 4.99. The maximum Gasteiger partial charge on any atom is 0.126 e. The highest BCUT2D eigenvalue weighted by Crippen LogP contribution is 2.21. The standard InChI is InChI=1S/C10H16N2.C2H6/c1-7-5-6-8(10(2,3)4)12-9(7)11;1-2/h5-6H,1-4H3,(H2,11,12);1-2H3. The van der Waals surface area contributed by atoms with Gasteiger partial charge in [-0.05, 0) is 18.6 Å². The van der Waals surface area contributed by atoms with Crippen LogP contribution in [-0.4, -0.2) is 4.98 Å². The molecular weight excluding hydrogens is 172 g/mol. The number of nitrogens with zero attached hydrogens (tertiary/aromatic N) is 1. The van der Waals surface area contributed by atoms with Crippen LogP contribution in [0.2, 0.25) is 0 Å². The molecule has 0 bridgehead atoms. The molecule has 1 aromatic heterocycles. The fourth-order valence-electron chi connectivity index (χ4n) is 0.962. The summed E-state index contributed by atoms with van der Waals surface area (Å²) in [5.74, 6) is 0.641. The quantitative estimate of drug-likeness (QED) is 0.688. The van der Waals surface area contributed by atoms with Crippen molar-refractivity contribution >= 4 is 5.82 Å². The number of nitrogen functional groups attached to an aromatic ring is 1. The van der Waals surface area contributed by atoms with Gasteiger partial charge in [-0.2, -0.15) is 0 Å². The van der Waals surface area contributed by atoms with E-state index in [1.807, 2.05) is 32.9 Å². The molecule has 1 aromatic rings. The second-order valence-electron chi connectivity index (χ2n) is 4.15. The predicted octanol–water partition coefficient (Wildman–Crippen LogP) is 3.30. The topological polar surface area (TPSA) is 38.9 Å². The molecular formula is C12H22N2. The Bertz CT molecular complexity index is 285. The lowest BCUT2D eigenvalue weighted by molar-refractivity contribution is 0.569. The highest BCUT2D eigenvalue weighted by Gasteiger charge is 2.15. The predicted molar refractivity (Wildman–Crippen MR) is 63.4 cm³/mol. The number of aromatic nitrogens is 1. The van der Waals surface area contributed by atoms with Crippen LogP contribution in [0, 0.1) is 6.92 Å². The molecule has 0 aliphatic carbocycles. The Kier molecular flexibility index (Phi) is 4.61. The molecule has 2 N–H and O–H groups in total. The molecule has 0 radical (unpaired) electrons. The highest BCUT2D eigenvalue weighted by molar-refractivity contribution is 5.40. The Morgan fingerprint density at radius 3 is 2.00 bits per heavy atom. The Morgan fingerprint density at radius 2 is 1.64 bits per heavy atom. The molecule has 0 atom stereocenters. The van der Waals surface area contributed by atoms with Gasteiger partial charge in [0, 0.05) is 11.1 Å². The van der Waals surface area contributed by atoms with Gasteiger partial charge in [0.1, 0.15) is 5.82 Å². The van der Waals surface area contributed by atoms with Gasteiger partial charge in [-0.1, -0.05) is 40.7 Å². The second-order valence-corrected chi connectivity index (χ2v) is 4.15. The van der Waals surface area contributed by atoms with Crippen molar-refractivity contribution in [1.82, 2.24) is 4.98 Å². The third-order valence-corrected chi connectivity index (χ3v) is 1.90. The number of rotatable bonds is 0. The fraction of sp³-hybridized carbons (Fsp3) is 0.583. The van der Waals surface area contributed by atoms with E-state index in [0.29, 0.717) is 5.82 Å². The van der Waals surface area contributed by atoms with Crippen LogP contribution < -0.4 is 5.73 Å². The van der Waals surface area contributed by atoms with E-state index < -0.39 is 0 Å². The van der Waals surface area contributed by atoms with Crippen LogP contribution in [-0.2, 0) is 5.41 Å². The third kappa shape index (κ3) is 3.36. The van der Waals surface area contributed by atoms with Crippen LogP contribution in [0.25, 0.3) is 0 Å². The van der Waals surface area contributed by atoms with Crippen molar-refractivity contribution < 1.29 is 0 Å². The molecule has 2 nitrogen and oxygen atoms in total. The van der Waals surface area contributed by atoms with Crippen molar-refractivity contribution in [3.05, 3.63) is 23.4 Å². The van der Waals surface area contributed by atoms with E-state index in [9.17, 15) is 0 Å². The van der Waals surface area contributed by atoms with Gasteiger partial charge in [-0.15, -0.1) is 0 Å². The molecule has 0 fully saturated rings. The van der Waals surface area contributed by atoms with Gasteiger partial charge in [0.25, 0.3) is 0 Å². The first kappa shape index (κ1) is 12.9. The van der Waals surface area contributed by atoms with Crippen molar-refractivity contribution in [2.45, 2.75) is 47.0 Å². The molecule has 0 unspecified atom stereocenters. The normalized spacial score (nSPS) is 10.4. The summed E-state index contributed by atoms with van der Waals surface area (Å²) in [6, 6.07) is 4.05. The zero-order valence-electron chi connectivity index (χ0n) is 10.2. The van der Waals surface area contributed by atoms with Crippen LogP contribution in [0.4, 0.5) is 5.82 Å². The fourth-order valence-corrected chi connectivity index (χ4v) is 0.962. The Morgan fingerprint density at radius 1 is 1.14 bits per heavy atom. The summed E-state index contributed by atoms with van der Waals surface area (Å²) in [6.07, 6.45) is 0. The third-order valence-electron chi connectivity index (χ3n) is 1.90. The van der Waals surface area contributed by atoms with Gasteiger partial charge in [-0.25, -0.2) is 4.98 Å². The summed E-state index contributed by atoms with van der Waals surface area (Å²) < 4.78 is 0. The van der Waals surface area contributed by atoms with E-state index in [-0.39, 0.29) is 5.41 Å². The number of nitrogens with two attached hydrogens (primary N) is 1. The van der Waals surface area contributed by atoms with Gasteiger partial charge >= 0.3 is 0 Å². The smallest absolute Gasteiger partial charge is 0.126 e. The Labute approximate surface area is 87.6 Å². The van der Waals surface area contributed by atoms with Crippen molar-refractivity contribution in [3.63, 3.8) is 0 Å². The lowest BCUT2D eigenvalue weighted by Gasteiger charge is -2.18. The van der Waals surface area contributed by atoms with Gasteiger partial charge in [0.05, 0.1) is 0 Å². The Balaban J connectivity index is 0.000000791. The maximum absolute atomic E-state index is 5.71. The SMILES string of the molecule is CC.Cc1ccc(C(C)(C)C)nc1N. The summed E-state index contributed by atoms with van der Waals surface area (Å²) in [5, 5.41) is 0. The van der Waals surface area contributed by atoms with E-state index in [1.165, 1.54) is 0 Å². The van der Waals surface area contributed by atoms with Crippen molar-refractivity contribution in [3.8, 4) is 0 Å². The van der Waals surface area contributed by atoms with Crippen LogP contribution in [0.1, 0.15) is 45.9 Å². The zero-order chi connectivity index (χ0) is 11.4. The summed E-state index contributed by atoms with van der Waals surface area (Å²) in [4.78, 5) is 4.32. The zero-order valence-corrected chi connectivity index (χ0v) is 10.2. The first-order valence-electron chi connectivity index (χ1n) is 5.15. The van der Waals surface area contributed by atoms with E-state index >= 15 is 0 Å². The summed E-state index contributed by atoms with van der Waals surface area (Å²) in [6.45, 7) is 12.4. The van der Waals surface area contributed by atoms with Gasteiger partial charge in [0.2, 0.25) is 0 Å². The monoisotopic (exact) mass is 194 g/mol. The number of hydrogen-bond acceptors (Lipinski definition) is 2. The molecule has 0 spiro atoms. The lowest BCUT2D eigenvalue weighted by Crippen LogP contribution is -2.14. The minimum Gasteiger partial charge on any atom is -0.383 e. The van der Waals surface area contributed by atoms with Crippen LogP contribution in [0.5, 0.6) is 0 Å². The van der Waals surface area contributed by atoms with E-state index in [0.717, 1.165) is 11.3 Å². The summed E-state index contributed by atoms with van der Waals surface area (Å²) >= 11 is 0. The largest absolute Gasteiger partial charge is 0.383 e. The average molecular weight is 194 g/mol. The van der Waals surface area contributed by atoms with Crippen molar-refractivity contribution in [2.75, 3.05) is 5.73 Å². The molecule has 80 valence electrons. The lowest BCUT2D eigenvalue weighted by atomic mass is 9.91. The molecule has 0 aromatic carbocycles. The van der Waals surface area contributed by atoms with Crippen molar-refractivity contribution in [1.29, 1.82) is 0 Å². The molecule has 0 aliphatic heterocycles. The van der Waals surface area contributed by atoms with Gasteiger partial charge < -0.3 is 5.73 Å². The van der Waals surface area contributed by atoms with E-state index in [2.05, 4.69) is 25.8 Å².